The van der Waals surface area contributed by atoms with E-state index in [1.54, 1.807) is 0 Å². The Labute approximate surface area is 421 Å². The minimum atomic E-state index is -0.173. The molecule has 0 spiro atoms. The van der Waals surface area contributed by atoms with Crippen LogP contribution >= 0.6 is 0 Å². The van der Waals surface area contributed by atoms with E-state index in [4.69, 9.17) is 0 Å². The molecule has 0 radical (unpaired) electrons. The lowest BCUT2D eigenvalue weighted by Crippen LogP contribution is -2.30. The van der Waals surface area contributed by atoms with Crippen molar-refractivity contribution in [2.24, 2.45) is 0 Å². The van der Waals surface area contributed by atoms with Gasteiger partial charge in [0.25, 0.3) is 0 Å². The lowest BCUT2D eigenvalue weighted by molar-refractivity contribution is 0.632. The summed E-state index contributed by atoms with van der Waals surface area (Å²) < 4.78 is 0. The van der Waals surface area contributed by atoms with Gasteiger partial charge in [0.1, 0.15) is 0 Å². The van der Waals surface area contributed by atoms with Crippen LogP contribution in [0.2, 0.25) is 0 Å². The Morgan fingerprint density at radius 2 is 0.681 bits per heavy atom. The molecule has 0 aromatic heterocycles. The molecule has 0 aliphatic carbocycles. The van der Waals surface area contributed by atoms with Crippen molar-refractivity contribution in [2.75, 3.05) is 9.80 Å². The van der Waals surface area contributed by atoms with Crippen LogP contribution in [0.3, 0.4) is 0 Å². The van der Waals surface area contributed by atoms with Gasteiger partial charge in [0.15, 0.2) is 0 Å². The molecule has 0 saturated heterocycles. The smallest absolute Gasteiger partial charge is 0.0502 e. The van der Waals surface area contributed by atoms with Crippen molar-refractivity contribution in [1.82, 2.24) is 0 Å². The summed E-state index contributed by atoms with van der Waals surface area (Å²) >= 11 is 0. The van der Waals surface area contributed by atoms with Crippen LogP contribution in [0, 0.1) is 0 Å². The van der Waals surface area contributed by atoms with E-state index in [2.05, 4.69) is 280 Å². The molecule has 2 heterocycles. The van der Waals surface area contributed by atoms with E-state index in [1.807, 2.05) is 0 Å². The minimum absolute atomic E-state index is 0.171. The molecule has 0 unspecified atom stereocenters. The quantitative estimate of drug-likeness (QED) is 0.159. The van der Waals surface area contributed by atoms with Crippen LogP contribution in [0.1, 0.15) is 49.9 Å². The number of hydrogen-bond donors (Lipinski definition) is 0. The fourth-order valence-corrected chi connectivity index (χ4v) is 12.7. The van der Waals surface area contributed by atoms with Gasteiger partial charge in [-0.15, -0.1) is 0 Å². The monoisotopic (exact) mass is 920 g/mol. The van der Waals surface area contributed by atoms with Gasteiger partial charge in [-0.05, 0) is 153 Å². The van der Waals surface area contributed by atoms with Crippen LogP contribution in [0.5, 0.6) is 0 Å². The van der Waals surface area contributed by atoms with E-state index in [0.717, 1.165) is 11.4 Å². The first-order valence-electron chi connectivity index (χ1n) is 25.3. The first-order chi connectivity index (χ1) is 35.3. The summed E-state index contributed by atoms with van der Waals surface area (Å²) in [6, 6.07) is 90.9. The predicted molar refractivity (Wildman–Crippen MR) is 306 cm³/mol. The molecular weight excluding hydrogens is 869 g/mol. The van der Waals surface area contributed by atoms with Gasteiger partial charge in [0.2, 0.25) is 0 Å². The van der Waals surface area contributed by atoms with Crippen molar-refractivity contribution in [3.63, 3.8) is 0 Å². The Morgan fingerprint density at radius 1 is 0.264 bits per heavy atom. The van der Waals surface area contributed by atoms with E-state index < -0.39 is 0 Å². The normalized spacial score (nSPS) is 14.3. The van der Waals surface area contributed by atoms with Crippen LogP contribution in [0.25, 0.3) is 76.5 Å². The predicted octanol–water partition coefficient (Wildman–Crippen LogP) is 19.5. The van der Waals surface area contributed by atoms with Gasteiger partial charge in [-0.1, -0.05) is 216 Å². The van der Waals surface area contributed by atoms with E-state index in [1.165, 1.54) is 121 Å². The van der Waals surface area contributed by atoms with Gasteiger partial charge < -0.3 is 9.80 Å². The largest absolute Gasteiger partial charge is 0.310 e. The van der Waals surface area contributed by atoms with Gasteiger partial charge in [0.05, 0.1) is 22.7 Å². The summed E-state index contributed by atoms with van der Waals surface area (Å²) in [4.78, 5) is 5.01. The van der Waals surface area contributed by atoms with Gasteiger partial charge in [-0.2, -0.15) is 0 Å². The van der Waals surface area contributed by atoms with Crippen molar-refractivity contribution < 1.29 is 0 Å². The number of para-hydroxylation sites is 4. The molecule has 0 saturated carbocycles. The van der Waals surface area contributed by atoms with Crippen molar-refractivity contribution in [1.29, 1.82) is 0 Å². The number of nitrogens with zero attached hydrogens (tertiary/aromatic N) is 2. The third-order valence-electron chi connectivity index (χ3n) is 16.2. The summed E-state index contributed by atoms with van der Waals surface area (Å²) in [6.07, 6.45) is 0. The number of fused-ring (bicyclic) bond motifs is 8. The number of anilines is 6. The van der Waals surface area contributed by atoms with Crippen molar-refractivity contribution in [2.45, 2.75) is 38.5 Å². The fraction of sp³-hybridized carbons (Fsp3) is 0.0857. The molecule has 2 nitrogen and oxygen atoms in total. The van der Waals surface area contributed by atoms with Crippen LogP contribution in [-0.2, 0) is 10.8 Å². The molecule has 12 aromatic carbocycles. The third-order valence-corrected chi connectivity index (χ3v) is 16.2. The Bertz CT molecular complexity index is 4080. The number of rotatable bonds is 5. The van der Waals surface area contributed by atoms with Gasteiger partial charge in [-0.3, -0.25) is 0 Å². The molecular formula is C70H52N2. The Balaban J connectivity index is 1.12. The van der Waals surface area contributed by atoms with E-state index in [-0.39, 0.29) is 10.8 Å². The zero-order valence-corrected chi connectivity index (χ0v) is 41.0. The van der Waals surface area contributed by atoms with E-state index in [0.29, 0.717) is 0 Å². The molecule has 2 heteroatoms. The van der Waals surface area contributed by atoms with Gasteiger partial charge in [-0.25, -0.2) is 0 Å². The molecule has 342 valence electrons. The molecule has 2 aliphatic heterocycles. The SMILES string of the molecule is CC1(C)c2ccccc2N(c2ccc3c(-c4ccc(-c5ccccc5)c5ccccc45)c4cc(N5c6ccccc6C(C)(C)c6ccccc65)ccc4c(-c4ccc5ccccc5c4)c3c2)c2ccccc21. The minimum Gasteiger partial charge on any atom is -0.310 e. The maximum absolute atomic E-state index is 2.51. The lowest BCUT2D eigenvalue weighted by atomic mass is 9.73. The van der Waals surface area contributed by atoms with Crippen LogP contribution < -0.4 is 9.80 Å². The standard InChI is InChI=1S/C70H52N2/c1-69(2)59-26-12-16-30-63(59)71(64-31-17-13-27-60(64)69)49-37-39-56-57(43-49)67(48-35-34-45-20-8-9-23-47(45)42-48)55-38-36-50(72-65-32-18-14-28-61(65)70(3,4)62-29-15-19-33-66(62)72)44-58(55)68(56)54-41-40-51(46-21-6-5-7-22-46)52-24-10-11-25-53(52)54/h5-44H,1-4H3. The van der Waals surface area contributed by atoms with Crippen LogP contribution in [0.4, 0.5) is 34.1 Å². The summed E-state index contributed by atoms with van der Waals surface area (Å²) in [5, 5.41) is 9.76. The third kappa shape index (κ3) is 6.22. The van der Waals surface area contributed by atoms with E-state index >= 15 is 0 Å². The second-order valence-electron chi connectivity index (χ2n) is 20.8. The van der Waals surface area contributed by atoms with Crippen LogP contribution in [-0.4, -0.2) is 0 Å². The topological polar surface area (TPSA) is 6.48 Å². The molecule has 0 bridgehead atoms. The fourth-order valence-electron chi connectivity index (χ4n) is 12.7. The molecule has 0 atom stereocenters. The Hall–Kier alpha value is -8.72. The maximum atomic E-state index is 2.51. The Morgan fingerprint density at radius 3 is 1.22 bits per heavy atom. The molecule has 0 N–H and O–H groups in total. The van der Waals surface area contributed by atoms with Crippen molar-refractivity contribution in [3.05, 3.63) is 265 Å². The number of hydrogen-bond acceptors (Lipinski definition) is 2. The molecule has 12 aromatic rings. The molecule has 14 rings (SSSR count). The highest BCUT2D eigenvalue weighted by atomic mass is 15.2. The molecule has 72 heavy (non-hydrogen) atoms. The lowest BCUT2D eigenvalue weighted by Gasteiger charge is -2.42. The zero-order chi connectivity index (χ0) is 48.3. The number of benzene rings is 12. The first kappa shape index (κ1) is 42.2. The van der Waals surface area contributed by atoms with E-state index in [9.17, 15) is 0 Å². The van der Waals surface area contributed by atoms with Crippen LogP contribution in [0.15, 0.2) is 243 Å². The highest BCUT2D eigenvalue weighted by molar-refractivity contribution is 6.25. The first-order valence-corrected chi connectivity index (χ1v) is 25.3. The summed E-state index contributed by atoms with van der Waals surface area (Å²) in [5.41, 5.74) is 19.4. The van der Waals surface area contributed by atoms with Crippen molar-refractivity contribution >= 4 is 77.2 Å². The second-order valence-corrected chi connectivity index (χ2v) is 20.8. The average molecular weight is 921 g/mol. The maximum Gasteiger partial charge on any atom is 0.0502 e. The summed E-state index contributed by atoms with van der Waals surface area (Å²) in [6.45, 7) is 9.45. The summed E-state index contributed by atoms with van der Waals surface area (Å²) in [7, 11) is 0. The van der Waals surface area contributed by atoms with Gasteiger partial charge >= 0.3 is 0 Å². The van der Waals surface area contributed by atoms with Gasteiger partial charge in [0, 0.05) is 22.2 Å². The summed E-state index contributed by atoms with van der Waals surface area (Å²) in [5.74, 6) is 0. The molecule has 0 amide bonds. The van der Waals surface area contributed by atoms with Crippen molar-refractivity contribution in [3.8, 4) is 33.4 Å². The zero-order valence-electron chi connectivity index (χ0n) is 41.0. The Kier molecular flexibility index (Phi) is 9.32. The highest BCUT2D eigenvalue weighted by Gasteiger charge is 2.38. The molecule has 2 aliphatic rings. The molecule has 0 fully saturated rings. The average Bonchev–Trinajstić information content (AvgIpc) is 3.42. The highest BCUT2D eigenvalue weighted by Crippen LogP contribution is 2.56. The second kappa shape index (κ2) is 15.9.